The first-order chi connectivity index (χ1) is 16.5. The van der Waals surface area contributed by atoms with Gasteiger partial charge in [-0.3, -0.25) is 9.59 Å². The van der Waals surface area contributed by atoms with E-state index in [2.05, 4.69) is 10.6 Å². The van der Waals surface area contributed by atoms with Gasteiger partial charge in [-0.15, -0.1) is 0 Å². The van der Waals surface area contributed by atoms with E-state index in [1.54, 1.807) is 12.1 Å². The number of fused-ring (bicyclic) bond motifs is 4. The number of para-hydroxylation sites is 1. The third-order valence-corrected chi connectivity index (χ3v) is 8.54. The SMILES string of the molecule is O=C([B]C1CCCCCCC1)NC12CCC(NC(=O)C3=CC(O)c4ccccc4O3)(CC1)CC2. The van der Waals surface area contributed by atoms with Gasteiger partial charge in [-0.25, -0.2) is 0 Å². The highest BCUT2D eigenvalue weighted by Gasteiger charge is 2.50. The Balaban J connectivity index is 1.15. The predicted molar refractivity (Wildman–Crippen MR) is 132 cm³/mol. The number of carbonyl (C=O) groups excluding carboxylic acids is 2. The third-order valence-electron chi connectivity index (χ3n) is 8.54. The maximum absolute atomic E-state index is 13.0. The Morgan fingerprint density at radius 3 is 2.15 bits per heavy atom. The molecule has 2 amide bonds. The number of amides is 2. The molecule has 1 atom stereocenters. The van der Waals surface area contributed by atoms with Crippen molar-refractivity contribution in [3.63, 3.8) is 0 Å². The van der Waals surface area contributed by atoms with Crippen LogP contribution in [0.1, 0.15) is 95.1 Å². The van der Waals surface area contributed by atoms with Gasteiger partial charge in [-0.2, -0.15) is 0 Å². The van der Waals surface area contributed by atoms with Gasteiger partial charge in [-0.05, 0) is 50.7 Å². The molecule has 1 heterocycles. The predicted octanol–water partition coefficient (Wildman–Crippen LogP) is 4.90. The molecule has 3 N–H and O–H groups in total. The number of nitrogens with one attached hydrogen (secondary N) is 2. The Morgan fingerprint density at radius 1 is 0.882 bits per heavy atom. The van der Waals surface area contributed by atoms with Gasteiger partial charge in [0, 0.05) is 16.6 Å². The van der Waals surface area contributed by atoms with Crippen LogP contribution in [0.2, 0.25) is 5.82 Å². The lowest BCUT2D eigenvalue weighted by atomic mass is 9.57. The molecule has 181 valence electrons. The van der Waals surface area contributed by atoms with E-state index in [-0.39, 0.29) is 28.6 Å². The van der Waals surface area contributed by atoms with Crippen LogP contribution in [0.3, 0.4) is 0 Å². The second-order valence-corrected chi connectivity index (χ2v) is 10.9. The first kappa shape index (κ1) is 23.5. The lowest BCUT2D eigenvalue weighted by molar-refractivity contribution is -0.123. The number of ether oxygens (including phenoxy) is 1. The van der Waals surface area contributed by atoms with Crippen molar-refractivity contribution in [1.29, 1.82) is 0 Å². The summed E-state index contributed by atoms with van der Waals surface area (Å²) < 4.78 is 5.80. The number of hydrogen-bond donors (Lipinski definition) is 3. The topological polar surface area (TPSA) is 87.7 Å². The molecule has 7 heteroatoms. The second-order valence-electron chi connectivity index (χ2n) is 10.9. The number of benzene rings is 1. The molecule has 0 aromatic heterocycles. The molecule has 34 heavy (non-hydrogen) atoms. The van der Waals surface area contributed by atoms with E-state index in [0.717, 1.165) is 51.4 Å². The van der Waals surface area contributed by atoms with Crippen LogP contribution in [-0.4, -0.2) is 35.2 Å². The fraction of sp³-hybridized carbons (Fsp3) is 0.630. The highest BCUT2D eigenvalue weighted by molar-refractivity contribution is 6.74. The Hall–Kier alpha value is -2.28. The van der Waals surface area contributed by atoms with E-state index in [1.807, 2.05) is 19.4 Å². The van der Waals surface area contributed by atoms with Gasteiger partial charge in [0.15, 0.2) is 11.6 Å². The fourth-order valence-electron chi connectivity index (χ4n) is 6.36. The molecule has 2 bridgehead atoms. The minimum absolute atomic E-state index is 0.0948. The molecule has 1 radical (unpaired) electrons. The smallest absolute Gasteiger partial charge is 0.287 e. The van der Waals surface area contributed by atoms with Gasteiger partial charge in [0.05, 0.1) is 0 Å². The molecule has 6 rings (SSSR count). The summed E-state index contributed by atoms with van der Waals surface area (Å²) in [6, 6.07) is 7.24. The summed E-state index contributed by atoms with van der Waals surface area (Å²) in [7, 11) is 1.95. The standard InChI is InChI=1S/C27H36BN2O4/c31-21-18-23(34-22-11-7-6-10-20(21)22)24(32)29-26-12-15-27(16-13-26,17-14-26)30-25(33)28-19-8-4-2-1-3-5-9-19/h6-7,10-11,18-19,21,31H,1-5,8-9,12-17H2,(H,29,32)(H,30,33). The highest BCUT2D eigenvalue weighted by Crippen LogP contribution is 2.47. The zero-order chi connectivity index (χ0) is 23.6. The van der Waals surface area contributed by atoms with E-state index < -0.39 is 6.10 Å². The van der Waals surface area contributed by atoms with Crippen molar-refractivity contribution >= 4 is 19.0 Å². The fourth-order valence-corrected chi connectivity index (χ4v) is 6.36. The van der Waals surface area contributed by atoms with Crippen LogP contribution in [0.5, 0.6) is 5.75 Å². The van der Waals surface area contributed by atoms with Crippen LogP contribution in [0.4, 0.5) is 4.79 Å². The molecule has 1 aromatic carbocycles. The van der Waals surface area contributed by atoms with E-state index in [9.17, 15) is 14.7 Å². The monoisotopic (exact) mass is 463 g/mol. The first-order valence-electron chi connectivity index (χ1n) is 13.1. The van der Waals surface area contributed by atoms with E-state index in [1.165, 1.54) is 38.2 Å². The molecule has 1 aliphatic heterocycles. The molecule has 4 saturated carbocycles. The summed E-state index contributed by atoms with van der Waals surface area (Å²) in [6.07, 6.45) is 14.4. The molecular formula is C27H36BN2O4. The van der Waals surface area contributed by atoms with Crippen molar-refractivity contribution in [2.75, 3.05) is 0 Å². The lowest BCUT2D eigenvalue weighted by Crippen LogP contribution is -2.64. The van der Waals surface area contributed by atoms with Crippen molar-refractivity contribution < 1.29 is 19.4 Å². The normalized spacial score (nSPS) is 31.2. The third kappa shape index (κ3) is 5.05. The summed E-state index contributed by atoms with van der Waals surface area (Å²) in [5.74, 6) is 0.910. The summed E-state index contributed by atoms with van der Waals surface area (Å²) in [5.41, 5.74) is 0.264. The molecule has 6 nitrogen and oxygen atoms in total. The Bertz CT molecular complexity index is 929. The maximum Gasteiger partial charge on any atom is 0.287 e. The lowest BCUT2D eigenvalue weighted by Gasteiger charge is -2.54. The average Bonchev–Trinajstić information content (AvgIpc) is 2.82. The van der Waals surface area contributed by atoms with Crippen molar-refractivity contribution in [3.8, 4) is 5.75 Å². The molecule has 1 unspecified atom stereocenters. The maximum atomic E-state index is 13.0. The van der Waals surface area contributed by atoms with Crippen molar-refractivity contribution in [1.82, 2.24) is 10.6 Å². The molecule has 0 saturated heterocycles. The molecular weight excluding hydrogens is 427 g/mol. The van der Waals surface area contributed by atoms with Gasteiger partial charge in [0.25, 0.3) is 5.91 Å². The molecule has 4 fully saturated rings. The minimum Gasteiger partial charge on any atom is -0.451 e. The average molecular weight is 463 g/mol. The number of carbonyl (C=O) groups is 2. The van der Waals surface area contributed by atoms with Crippen LogP contribution in [0.25, 0.3) is 0 Å². The summed E-state index contributed by atoms with van der Waals surface area (Å²) in [5, 5.41) is 17.0. The highest BCUT2D eigenvalue weighted by atomic mass is 16.5. The summed E-state index contributed by atoms with van der Waals surface area (Å²) in [4.78, 5) is 25.9. The Labute approximate surface area is 203 Å². The Kier molecular flexibility index (Phi) is 6.74. The minimum atomic E-state index is -0.849. The molecule has 5 aliphatic rings. The first-order valence-corrected chi connectivity index (χ1v) is 13.1. The van der Waals surface area contributed by atoms with Gasteiger partial charge in [-0.1, -0.05) is 69.0 Å². The van der Waals surface area contributed by atoms with E-state index >= 15 is 0 Å². The zero-order valence-corrected chi connectivity index (χ0v) is 20.0. The van der Waals surface area contributed by atoms with Gasteiger partial charge >= 0.3 is 0 Å². The van der Waals surface area contributed by atoms with Crippen LogP contribution in [0, 0.1) is 0 Å². The van der Waals surface area contributed by atoms with Gasteiger partial charge in [0.1, 0.15) is 11.9 Å². The molecule has 4 aliphatic carbocycles. The number of rotatable bonds is 5. The molecule has 1 aromatic rings. The molecule has 0 spiro atoms. The van der Waals surface area contributed by atoms with Crippen LogP contribution in [-0.2, 0) is 4.79 Å². The number of hydrogen-bond acceptors (Lipinski definition) is 4. The van der Waals surface area contributed by atoms with Gasteiger partial charge < -0.3 is 20.5 Å². The second kappa shape index (κ2) is 9.77. The summed E-state index contributed by atoms with van der Waals surface area (Å²) >= 11 is 0. The van der Waals surface area contributed by atoms with Crippen molar-refractivity contribution in [3.05, 3.63) is 41.7 Å². The number of aliphatic hydroxyl groups is 1. The van der Waals surface area contributed by atoms with Gasteiger partial charge in [0.2, 0.25) is 7.28 Å². The van der Waals surface area contributed by atoms with E-state index in [4.69, 9.17) is 4.74 Å². The zero-order valence-electron chi connectivity index (χ0n) is 20.0. The van der Waals surface area contributed by atoms with Crippen LogP contribution in [0.15, 0.2) is 36.1 Å². The van der Waals surface area contributed by atoms with Crippen LogP contribution < -0.4 is 15.4 Å². The largest absolute Gasteiger partial charge is 0.451 e. The quantitative estimate of drug-likeness (QED) is 0.542. The number of aliphatic hydroxyl groups excluding tert-OH is 1. The van der Waals surface area contributed by atoms with E-state index in [0.29, 0.717) is 17.1 Å². The summed E-state index contributed by atoms with van der Waals surface area (Å²) in [6.45, 7) is 0. The van der Waals surface area contributed by atoms with Crippen molar-refractivity contribution in [2.24, 2.45) is 0 Å². The van der Waals surface area contributed by atoms with Crippen molar-refractivity contribution in [2.45, 2.75) is 106 Å². The Morgan fingerprint density at radius 2 is 1.47 bits per heavy atom. The van der Waals surface area contributed by atoms with Crippen LogP contribution >= 0.6 is 0 Å².